The van der Waals surface area contributed by atoms with E-state index in [1.54, 1.807) is 18.2 Å². The highest BCUT2D eigenvalue weighted by molar-refractivity contribution is 9.10. The molecule has 1 aliphatic carbocycles. The van der Waals surface area contributed by atoms with Gasteiger partial charge in [0, 0.05) is 28.3 Å². The Kier molecular flexibility index (Phi) is 4.13. The lowest BCUT2D eigenvalue weighted by Gasteiger charge is -2.36. The fourth-order valence-corrected chi connectivity index (χ4v) is 3.26. The topological polar surface area (TPSA) is 55.2 Å². The molecule has 0 aliphatic heterocycles. The number of nitrogens with zero attached hydrogens (tertiary/aromatic N) is 1. The number of rotatable bonds is 3. The zero-order valence-corrected chi connectivity index (χ0v) is 12.9. The monoisotopic (exact) mass is 326 g/mol. The molecule has 2 rings (SSSR count). The van der Waals surface area contributed by atoms with Gasteiger partial charge in [0.05, 0.1) is 4.92 Å². The van der Waals surface area contributed by atoms with E-state index in [0.29, 0.717) is 11.5 Å². The average Bonchev–Trinajstić information content (AvgIpc) is 2.30. The summed E-state index contributed by atoms with van der Waals surface area (Å²) in [6.45, 7) is 4.59. The molecule has 0 aromatic heterocycles. The van der Waals surface area contributed by atoms with E-state index in [4.69, 9.17) is 0 Å². The molecule has 0 spiro atoms. The molecule has 1 N–H and O–H groups in total. The van der Waals surface area contributed by atoms with E-state index in [0.717, 1.165) is 23.0 Å². The second-order valence-corrected chi connectivity index (χ2v) is 6.88. The smallest absolute Gasteiger partial charge is 0.270 e. The highest BCUT2D eigenvalue weighted by Gasteiger charge is 2.28. The summed E-state index contributed by atoms with van der Waals surface area (Å²) in [5, 5.41) is 14.2. The summed E-state index contributed by atoms with van der Waals surface area (Å²) in [5.74, 6) is 0. The molecular formula is C14H19BrN2O2. The van der Waals surface area contributed by atoms with Gasteiger partial charge < -0.3 is 5.32 Å². The van der Waals surface area contributed by atoms with Crippen molar-refractivity contribution >= 4 is 27.3 Å². The lowest BCUT2D eigenvalue weighted by Crippen LogP contribution is -2.31. The molecule has 0 saturated heterocycles. The van der Waals surface area contributed by atoms with Crippen molar-refractivity contribution in [3.05, 3.63) is 32.8 Å². The minimum atomic E-state index is -0.377. The van der Waals surface area contributed by atoms with E-state index in [1.807, 2.05) is 0 Å². The highest BCUT2D eigenvalue weighted by Crippen LogP contribution is 2.37. The molecule has 0 amide bonds. The van der Waals surface area contributed by atoms with Crippen molar-refractivity contribution in [3.63, 3.8) is 0 Å². The fraction of sp³-hybridized carbons (Fsp3) is 0.571. The Morgan fingerprint density at radius 2 is 2.21 bits per heavy atom. The standard InChI is InChI=1S/C14H19BrN2O2/c1-14(2)7-3-4-10(9-14)16-13-6-5-11(17(18)19)8-12(13)15/h5-6,8,10,16H,3-4,7,9H2,1-2H3. The van der Waals surface area contributed by atoms with Crippen molar-refractivity contribution in [2.24, 2.45) is 5.41 Å². The normalized spacial score (nSPS) is 21.9. The second-order valence-electron chi connectivity index (χ2n) is 6.02. The van der Waals surface area contributed by atoms with Crippen LogP contribution in [0.2, 0.25) is 0 Å². The zero-order chi connectivity index (χ0) is 14.0. The van der Waals surface area contributed by atoms with Crippen molar-refractivity contribution in [1.29, 1.82) is 0 Å². The van der Waals surface area contributed by atoms with Crippen LogP contribution in [0.15, 0.2) is 22.7 Å². The predicted octanol–water partition coefficient (Wildman–Crippen LogP) is 4.74. The van der Waals surface area contributed by atoms with E-state index in [2.05, 4.69) is 35.1 Å². The van der Waals surface area contributed by atoms with Gasteiger partial charge in [-0.05, 0) is 46.7 Å². The van der Waals surface area contributed by atoms with Crippen molar-refractivity contribution in [3.8, 4) is 0 Å². The second kappa shape index (κ2) is 5.49. The first-order chi connectivity index (χ1) is 8.87. The molecule has 4 nitrogen and oxygen atoms in total. The Labute approximate surface area is 121 Å². The quantitative estimate of drug-likeness (QED) is 0.644. The van der Waals surface area contributed by atoms with Crippen LogP contribution in [0.4, 0.5) is 11.4 Å². The van der Waals surface area contributed by atoms with E-state index in [9.17, 15) is 10.1 Å². The Morgan fingerprint density at radius 1 is 1.47 bits per heavy atom. The summed E-state index contributed by atoms with van der Waals surface area (Å²) in [7, 11) is 0. The third-order valence-electron chi connectivity index (χ3n) is 3.73. The SMILES string of the molecule is CC1(C)CCCC(Nc2ccc([N+](=O)[O-])cc2Br)C1. The molecule has 1 atom stereocenters. The summed E-state index contributed by atoms with van der Waals surface area (Å²) >= 11 is 3.40. The Bertz CT molecular complexity index is 488. The molecule has 0 bridgehead atoms. The van der Waals surface area contributed by atoms with Gasteiger partial charge in [0.25, 0.3) is 5.69 Å². The number of anilines is 1. The van der Waals surface area contributed by atoms with Crippen LogP contribution in [0.25, 0.3) is 0 Å². The van der Waals surface area contributed by atoms with E-state index in [1.165, 1.54) is 12.8 Å². The van der Waals surface area contributed by atoms with Crippen LogP contribution in [0, 0.1) is 15.5 Å². The first kappa shape index (κ1) is 14.3. The summed E-state index contributed by atoms with van der Waals surface area (Å²) in [4.78, 5) is 10.3. The summed E-state index contributed by atoms with van der Waals surface area (Å²) in [6.07, 6.45) is 4.80. The molecule has 19 heavy (non-hydrogen) atoms. The van der Waals surface area contributed by atoms with Gasteiger partial charge in [-0.1, -0.05) is 20.3 Å². The van der Waals surface area contributed by atoms with Crippen molar-refractivity contribution in [2.45, 2.75) is 45.6 Å². The molecule has 1 fully saturated rings. The highest BCUT2D eigenvalue weighted by atomic mass is 79.9. The Morgan fingerprint density at radius 3 is 2.79 bits per heavy atom. The van der Waals surface area contributed by atoms with Gasteiger partial charge in [-0.3, -0.25) is 10.1 Å². The molecule has 104 valence electrons. The van der Waals surface area contributed by atoms with Crippen molar-refractivity contribution in [2.75, 3.05) is 5.32 Å². The minimum absolute atomic E-state index is 0.112. The van der Waals surface area contributed by atoms with Crippen LogP contribution in [0.3, 0.4) is 0 Å². The van der Waals surface area contributed by atoms with Gasteiger partial charge in [-0.2, -0.15) is 0 Å². The lowest BCUT2D eigenvalue weighted by molar-refractivity contribution is -0.384. The lowest BCUT2D eigenvalue weighted by atomic mass is 9.75. The Balaban J connectivity index is 2.09. The van der Waals surface area contributed by atoms with Gasteiger partial charge in [0.15, 0.2) is 0 Å². The number of hydrogen-bond acceptors (Lipinski definition) is 3. The third kappa shape index (κ3) is 3.69. The summed E-state index contributed by atoms with van der Waals surface area (Å²) < 4.78 is 0.755. The van der Waals surface area contributed by atoms with E-state index in [-0.39, 0.29) is 10.6 Å². The number of nitrogens with one attached hydrogen (secondary N) is 1. The number of nitro benzene ring substituents is 1. The summed E-state index contributed by atoms with van der Waals surface area (Å²) in [5.41, 5.74) is 1.43. The van der Waals surface area contributed by atoms with E-state index < -0.39 is 0 Å². The maximum Gasteiger partial charge on any atom is 0.270 e. The Hall–Kier alpha value is -1.10. The zero-order valence-electron chi connectivity index (χ0n) is 11.3. The van der Waals surface area contributed by atoms with Crippen LogP contribution in [0.5, 0.6) is 0 Å². The van der Waals surface area contributed by atoms with Crippen LogP contribution >= 0.6 is 15.9 Å². The number of halogens is 1. The largest absolute Gasteiger partial charge is 0.381 e. The molecular weight excluding hydrogens is 308 g/mol. The van der Waals surface area contributed by atoms with Crippen LogP contribution < -0.4 is 5.32 Å². The van der Waals surface area contributed by atoms with Crippen LogP contribution in [0.1, 0.15) is 39.5 Å². The average molecular weight is 327 g/mol. The van der Waals surface area contributed by atoms with Gasteiger partial charge in [0.1, 0.15) is 0 Å². The van der Waals surface area contributed by atoms with Gasteiger partial charge in [-0.15, -0.1) is 0 Å². The molecule has 1 aromatic carbocycles. The van der Waals surface area contributed by atoms with Crippen molar-refractivity contribution < 1.29 is 4.92 Å². The predicted molar refractivity (Wildman–Crippen MR) is 80.5 cm³/mol. The number of nitro groups is 1. The molecule has 0 radical (unpaired) electrons. The molecule has 1 unspecified atom stereocenters. The van der Waals surface area contributed by atoms with Crippen LogP contribution in [-0.4, -0.2) is 11.0 Å². The van der Waals surface area contributed by atoms with Crippen molar-refractivity contribution in [1.82, 2.24) is 0 Å². The summed E-state index contributed by atoms with van der Waals surface area (Å²) in [6, 6.07) is 5.32. The molecule has 1 aliphatic rings. The third-order valence-corrected chi connectivity index (χ3v) is 4.38. The molecule has 5 heteroatoms. The fourth-order valence-electron chi connectivity index (χ4n) is 2.78. The van der Waals surface area contributed by atoms with Gasteiger partial charge >= 0.3 is 0 Å². The molecule has 0 heterocycles. The maximum absolute atomic E-state index is 10.7. The van der Waals surface area contributed by atoms with Gasteiger partial charge in [-0.25, -0.2) is 0 Å². The van der Waals surface area contributed by atoms with Gasteiger partial charge in [0.2, 0.25) is 0 Å². The molecule has 1 aromatic rings. The number of non-ortho nitro benzene ring substituents is 1. The maximum atomic E-state index is 10.7. The number of benzene rings is 1. The minimum Gasteiger partial charge on any atom is -0.381 e. The van der Waals surface area contributed by atoms with E-state index >= 15 is 0 Å². The van der Waals surface area contributed by atoms with Crippen LogP contribution in [-0.2, 0) is 0 Å². The molecule has 1 saturated carbocycles. The first-order valence-electron chi connectivity index (χ1n) is 6.58. The first-order valence-corrected chi connectivity index (χ1v) is 7.37. The number of hydrogen-bond donors (Lipinski definition) is 1.